The van der Waals surface area contributed by atoms with Crippen molar-refractivity contribution in [3.8, 4) is 0 Å². The molecule has 2 aliphatic rings. The third-order valence-corrected chi connectivity index (χ3v) is 4.48. The molecule has 2 fully saturated rings. The van der Waals surface area contributed by atoms with E-state index in [9.17, 15) is 0 Å². The van der Waals surface area contributed by atoms with Gasteiger partial charge >= 0.3 is 0 Å². The van der Waals surface area contributed by atoms with E-state index < -0.39 is 0 Å². The van der Waals surface area contributed by atoms with Gasteiger partial charge in [0.05, 0.1) is 0 Å². The summed E-state index contributed by atoms with van der Waals surface area (Å²) in [6.45, 7) is 9.89. The maximum atomic E-state index is 2.48. The molecule has 2 rings (SSSR count). The Bertz CT molecular complexity index is 188. The molecule has 70 valence electrons. The van der Waals surface area contributed by atoms with E-state index in [0.29, 0.717) is 10.8 Å². The van der Waals surface area contributed by atoms with Crippen molar-refractivity contribution >= 4 is 0 Å². The Balaban J connectivity index is 2.19. The zero-order valence-corrected chi connectivity index (χ0v) is 8.98. The summed E-state index contributed by atoms with van der Waals surface area (Å²) in [6, 6.07) is 0. The second-order valence-electron chi connectivity index (χ2n) is 6.14. The van der Waals surface area contributed by atoms with E-state index in [1.54, 1.807) is 0 Å². The molecule has 0 saturated heterocycles. The van der Waals surface area contributed by atoms with E-state index in [0.717, 1.165) is 11.8 Å². The van der Waals surface area contributed by atoms with E-state index in [4.69, 9.17) is 0 Å². The fraction of sp³-hybridized carbons (Fsp3) is 1.00. The van der Waals surface area contributed by atoms with Gasteiger partial charge in [-0.25, -0.2) is 0 Å². The molecule has 0 N–H and O–H groups in total. The van der Waals surface area contributed by atoms with Crippen molar-refractivity contribution in [2.24, 2.45) is 22.7 Å². The van der Waals surface area contributed by atoms with Crippen LogP contribution in [0.5, 0.6) is 0 Å². The fourth-order valence-electron chi connectivity index (χ4n) is 3.93. The highest BCUT2D eigenvalue weighted by Crippen LogP contribution is 2.69. The number of hydrogen-bond acceptors (Lipinski definition) is 0. The zero-order chi connectivity index (χ0) is 8.98. The molecule has 2 saturated carbocycles. The molecule has 0 amide bonds. The lowest BCUT2D eigenvalue weighted by Crippen LogP contribution is -2.16. The summed E-state index contributed by atoms with van der Waals surface area (Å²) in [6.07, 6.45) is 5.91. The molecule has 0 aromatic carbocycles. The molecule has 0 nitrogen and oxygen atoms in total. The van der Waals surface area contributed by atoms with Crippen LogP contribution in [-0.2, 0) is 0 Å². The Morgan fingerprint density at radius 2 is 1.67 bits per heavy atom. The minimum Gasteiger partial charge on any atom is -0.0596 e. The molecule has 0 heteroatoms. The maximum absolute atomic E-state index is 2.48. The molecule has 0 bridgehead atoms. The van der Waals surface area contributed by atoms with Gasteiger partial charge < -0.3 is 0 Å². The molecule has 12 heavy (non-hydrogen) atoms. The number of rotatable bonds is 0. The summed E-state index contributed by atoms with van der Waals surface area (Å²) in [5, 5.41) is 0. The van der Waals surface area contributed by atoms with Gasteiger partial charge in [-0.15, -0.1) is 0 Å². The first-order chi connectivity index (χ1) is 5.46. The van der Waals surface area contributed by atoms with E-state index in [1.165, 1.54) is 25.7 Å². The average Bonchev–Trinajstić information content (AvgIpc) is 2.51. The molecule has 0 radical (unpaired) electrons. The van der Waals surface area contributed by atoms with E-state index in [-0.39, 0.29) is 0 Å². The lowest BCUT2D eigenvalue weighted by molar-refractivity contribution is 0.244. The summed E-state index contributed by atoms with van der Waals surface area (Å²) < 4.78 is 0. The van der Waals surface area contributed by atoms with Crippen LogP contribution in [0.25, 0.3) is 0 Å². The molecule has 2 atom stereocenters. The van der Waals surface area contributed by atoms with Gasteiger partial charge in [0, 0.05) is 0 Å². The molecule has 0 aromatic heterocycles. The molecular weight excluding hydrogens is 144 g/mol. The topological polar surface area (TPSA) is 0 Å². The minimum atomic E-state index is 0.630. The third-order valence-electron chi connectivity index (χ3n) is 4.48. The quantitative estimate of drug-likeness (QED) is 0.512. The van der Waals surface area contributed by atoms with Crippen LogP contribution >= 0.6 is 0 Å². The molecule has 0 heterocycles. The predicted molar refractivity (Wildman–Crippen MR) is 53.0 cm³/mol. The van der Waals surface area contributed by atoms with Crippen molar-refractivity contribution in [1.29, 1.82) is 0 Å². The molecule has 2 aliphatic carbocycles. The Morgan fingerprint density at radius 1 is 1.00 bits per heavy atom. The van der Waals surface area contributed by atoms with Crippen LogP contribution in [0.15, 0.2) is 0 Å². The Hall–Kier alpha value is 0. The Morgan fingerprint density at radius 3 is 2.33 bits per heavy atom. The summed E-state index contributed by atoms with van der Waals surface area (Å²) >= 11 is 0. The van der Waals surface area contributed by atoms with E-state index in [1.807, 2.05) is 0 Å². The smallest absolute Gasteiger partial charge is 0.0275 e. The second-order valence-corrected chi connectivity index (χ2v) is 6.14. The first-order valence-electron chi connectivity index (χ1n) is 5.46. The van der Waals surface area contributed by atoms with Gasteiger partial charge in [0.25, 0.3) is 0 Å². The maximum Gasteiger partial charge on any atom is -0.0275 e. The van der Waals surface area contributed by atoms with Gasteiger partial charge in [0.15, 0.2) is 0 Å². The van der Waals surface area contributed by atoms with Crippen molar-refractivity contribution < 1.29 is 0 Å². The molecule has 0 spiro atoms. The van der Waals surface area contributed by atoms with Gasteiger partial charge in [-0.3, -0.25) is 0 Å². The predicted octanol–water partition coefficient (Wildman–Crippen LogP) is 3.86. The first kappa shape index (κ1) is 8.59. The van der Waals surface area contributed by atoms with E-state index >= 15 is 0 Å². The third kappa shape index (κ3) is 1.03. The summed E-state index contributed by atoms with van der Waals surface area (Å²) in [4.78, 5) is 0. The highest BCUT2D eigenvalue weighted by atomic mass is 14.7. The summed E-state index contributed by atoms with van der Waals surface area (Å²) in [7, 11) is 0. The normalized spacial score (nSPS) is 43.0. The average molecular weight is 166 g/mol. The van der Waals surface area contributed by atoms with Gasteiger partial charge in [-0.1, -0.05) is 40.5 Å². The first-order valence-corrected chi connectivity index (χ1v) is 5.46. The van der Waals surface area contributed by atoms with Gasteiger partial charge in [-0.05, 0) is 35.5 Å². The van der Waals surface area contributed by atoms with Crippen LogP contribution in [-0.4, -0.2) is 0 Å². The van der Waals surface area contributed by atoms with Gasteiger partial charge in [-0.2, -0.15) is 0 Å². The second kappa shape index (κ2) is 2.27. The zero-order valence-electron chi connectivity index (χ0n) is 8.98. The van der Waals surface area contributed by atoms with Crippen LogP contribution in [0.3, 0.4) is 0 Å². The molecule has 0 aromatic rings. The van der Waals surface area contributed by atoms with Crippen LogP contribution in [0.4, 0.5) is 0 Å². The number of hydrogen-bond donors (Lipinski definition) is 0. The fourth-order valence-corrected chi connectivity index (χ4v) is 3.93. The monoisotopic (exact) mass is 166 g/mol. The van der Waals surface area contributed by atoms with Crippen molar-refractivity contribution in [1.82, 2.24) is 0 Å². The summed E-state index contributed by atoms with van der Waals surface area (Å²) in [5.41, 5.74) is 1.30. The standard InChI is InChI=1S/C12H22/c1-11(2)8-6-5-7-9-10(11)12(9,3)4/h9-10H,5-8H2,1-4H3. The Kier molecular flexibility index (Phi) is 1.63. The number of fused-ring (bicyclic) bond motifs is 1. The molecular formula is C12H22. The van der Waals surface area contributed by atoms with E-state index in [2.05, 4.69) is 27.7 Å². The van der Waals surface area contributed by atoms with Crippen LogP contribution < -0.4 is 0 Å². The lowest BCUT2D eigenvalue weighted by atomic mass is 9.80. The van der Waals surface area contributed by atoms with Crippen molar-refractivity contribution in [3.05, 3.63) is 0 Å². The Labute approximate surface area is 76.7 Å². The lowest BCUT2D eigenvalue weighted by Gasteiger charge is -2.25. The highest BCUT2D eigenvalue weighted by molar-refractivity contribution is 5.11. The largest absolute Gasteiger partial charge is 0.0596 e. The van der Waals surface area contributed by atoms with Crippen LogP contribution in [0, 0.1) is 22.7 Å². The van der Waals surface area contributed by atoms with Gasteiger partial charge in [0.1, 0.15) is 0 Å². The van der Waals surface area contributed by atoms with Crippen molar-refractivity contribution in [2.45, 2.75) is 53.4 Å². The summed E-state index contributed by atoms with van der Waals surface area (Å²) in [5.74, 6) is 2.07. The van der Waals surface area contributed by atoms with Crippen molar-refractivity contribution in [3.63, 3.8) is 0 Å². The van der Waals surface area contributed by atoms with Crippen LogP contribution in [0.2, 0.25) is 0 Å². The van der Waals surface area contributed by atoms with Crippen LogP contribution in [0.1, 0.15) is 53.4 Å². The van der Waals surface area contributed by atoms with Gasteiger partial charge in [0.2, 0.25) is 0 Å². The van der Waals surface area contributed by atoms with Crippen molar-refractivity contribution in [2.75, 3.05) is 0 Å². The SMILES string of the molecule is CC1(C)CCCCC2C1C2(C)C. The molecule has 0 aliphatic heterocycles. The minimum absolute atomic E-state index is 0.630. The molecule has 2 unspecified atom stereocenters. The highest BCUT2D eigenvalue weighted by Gasteiger charge is 2.62.